The number of carbonyl (C=O) groups is 1. The van der Waals surface area contributed by atoms with Crippen molar-refractivity contribution in [3.63, 3.8) is 0 Å². The smallest absolute Gasteiger partial charge is 0.371 e. The van der Waals surface area contributed by atoms with Crippen LogP contribution in [-0.2, 0) is 11.5 Å². The van der Waals surface area contributed by atoms with E-state index in [1.807, 2.05) is 18.2 Å². The quantitative estimate of drug-likeness (QED) is 0.904. The van der Waals surface area contributed by atoms with Crippen LogP contribution >= 0.6 is 11.8 Å². The zero-order valence-corrected chi connectivity index (χ0v) is 10.8. The molecular formula is C14H11NO3S. The van der Waals surface area contributed by atoms with Gasteiger partial charge in [0.25, 0.3) is 0 Å². The minimum Gasteiger partial charge on any atom is -0.475 e. The predicted molar refractivity (Wildman–Crippen MR) is 71.8 cm³/mol. The Hall–Kier alpha value is -2.19. The molecule has 0 fully saturated rings. The Bertz CT molecular complexity index is 628. The van der Waals surface area contributed by atoms with Gasteiger partial charge < -0.3 is 9.52 Å². The van der Waals surface area contributed by atoms with E-state index in [0.29, 0.717) is 22.8 Å². The van der Waals surface area contributed by atoms with Crippen molar-refractivity contribution in [3.05, 3.63) is 59.0 Å². The second kappa shape index (κ2) is 6.12. The van der Waals surface area contributed by atoms with Gasteiger partial charge in [-0.15, -0.1) is 11.8 Å². The Kier molecular flexibility index (Phi) is 4.26. The van der Waals surface area contributed by atoms with Gasteiger partial charge in [-0.3, -0.25) is 0 Å². The Labute approximate surface area is 114 Å². The zero-order valence-electron chi connectivity index (χ0n) is 10.00. The maximum atomic E-state index is 10.7. The van der Waals surface area contributed by atoms with Crippen LogP contribution in [0.5, 0.6) is 0 Å². The third kappa shape index (κ3) is 3.39. The van der Waals surface area contributed by atoms with Gasteiger partial charge in [0, 0.05) is 5.75 Å². The molecule has 0 aliphatic rings. The maximum Gasteiger partial charge on any atom is 0.371 e. The summed E-state index contributed by atoms with van der Waals surface area (Å²) in [5.41, 5.74) is 1.64. The lowest BCUT2D eigenvalue weighted by Gasteiger charge is -2.02. The summed E-state index contributed by atoms with van der Waals surface area (Å²) in [6.07, 6.45) is 0. The van der Waals surface area contributed by atoms with Crippen LogP contribution in [0.3, 0.4) is 0 Å². The molecule has 1 aromatic heterocycles. The molecule has 2 aromatic rings. The van der Waals surface area contributed by atoms with Crippen LogP contribution in [0.4, 0.5) is 0 Å². The topological polar surface area (TPSA) is 74.2 Å². The first-order valence-corrected chi connectivity index (χ1v) is 6.74. The lowest BCUT2D eigenvalue weighted by Crippen LogP contribution is -1.92. The van der Waals surface area contributed by atoms with E-state index in [4.69, 9.17) is 14.8 Å². The van der Waals surface area contributed by atoms with Gasteiger partial charge in [-0.2, -0.15) is 5.26 Å². The van der Waals surface area contributed by atoms with Crippen molar-refractivity contribution in [2.45, 2.75) is 11.5 Å². The van der Waals surface area contributed by atoms with E-state index in [1.165, 1.54) is 6.07 Å². The monoisotopic (exact) mass is 273 g/mol. The fourth-order valence-electron chi connectivity index (χ4n) is 1.59. The van der Waals surface area contributed by atoms with Gasteiger partial charge in [-0.25, -0.2) is 4.79 Å². The Balaban J connectivity index is 1.93. The van der Waals surface area contributed by atoms with Gasteiger partial charge in [0.15, 0.2) is 0 Å². The van der Waals surface area contributed by atoms with Gasteiger partial charge in [0.2, 0.25) is 5.76 Å². The molecule has 1 heterocycles. The van der Waals surface area contributed by atoms with Crippen molar-refractivity contribution in [2.24, 2.45) is 0 Å². The number of rotatable bonds is 5. The number of furan rings is 1. The van der Waals surface area contributed by atoms with Gasteiger partial charge in [-0.1, -0.05) is 18.2 Å². The molecule has 0 saturated heterocycles. The molecule has 1 aromatic carbocycles. The molecule has 1 N–H and O–H groups in total. The highest BCUT2D eigenvalue weighted by molar-refractivity contribution is 7.97. The highest BCUT2D eigenvalue weighted by atomic mass is 32.2. The number of hydrogen-bond donors (Lipinski definition) is 1. The van der Waals surface area contributed by atoms with Crippen molar-refractivity contribution in [2.75, 3.05) is 0 Å². The summed E-state index contributed by atoms with van der Waals surface area (Å²) in [6.45, 7) is 0. The Morgan fingerprint density at radius 2 is 2.05 bits per heavy atom. The van der Waals surface area contributed by atoms with Crippen LogP contribution < -0.4 is 0 Å². The third-order valence-corrected chi connectivity index (χ3v) is 3.52. The van der Waals surface area contributed by atoms with E-state index < -0.39 is 5.97 Å². The molecule has 0 radical (unpaired) electrons. The number of carboxylic acids is 1. The molecule has 0 aliphatic carbocycles. The average Bonchev–Trinajstić information content (AvgIpc) is 2.88. The normalized spacial score (nSPS) is 10.1. The molecule has 0 saturated carbocycles. The van der Waals surface area contributed by atoms with Crippen molar-refractivity contribution in [1.29, 1.82) is 5.26 Å². The lowest BCUT2D eigenvalue weighted by atomic mass is 10.1. The van der Waals surface area contributed by atoms with Gasteiger partial charge in [0.05, 0.1) is 17.4 Å². The maximum absolute atomic E-state index is 10.7. The summed E-state index contributed by atoms with van der Waals surface area (Å²) in [4.78, 5) is 10.7. The standard InChI is InChI=1S/C14H11NO3S/c15-7-10-3-1-2-4-11(10)8-19-9-12-5-6-13(18-12)14(16)17/h1-6H,8-9H2,(H,16,17). The number of benzene rings is 1. The van der Waals surface area contributed by atoms with E-state index >= 15 is 0 Å². The molecule has 2 rings (SSSR count). The van der Waals surface area contributed by atoms with Gasteiger partial charge in [-0.05, 0) is 23.8 Å². The average molecular weight is 273 g/mol. The number of aromatic carboxylic acids is 1. The molecule has 0 atom stereocenters. The molecule has 96 valence electrons. The highest BCUT2D eigenvalue weighted by Gasteiger charge is 2.09. The first kappa shape index (κ1) is 13.2. The largest absolute Gasteiger partial charge is 0.475 e. The third-order valence-electron chi connectivity index (χ3n) is 2.51. The molecule has 4 nitrogen and oxygen atoms in total. The molecule has 0 amide bonds. The summed E-state index contributed by atoms with van der Waals surface area (Å²) in [7, 11) is 0. The number of hydrogen-bond acceptors (Lipinski definition) is 4. The van der Waals surface area contributed by atoms with E-state index in [-0.39, 0.29) is 5.76 Å². The number of carboxylic acid groups (broad SMARTS) is 1. The Morgan fingerprint density at radius 3 is 2.74 bits per heavy atom. The molecule has 0 aliphatic heterocycles. The number of thioether (sulfide) groups is 1. The van der Waals surface area contributed by atoms with Crippen molar-refractivity contribution >= 4 is 17.7 Å². The van der Waals surface area contributed by atoms with Crippen LogP contribution in [-0.4, -0.2) is 11.1 Å². The van der Waals surface area contributed by atoms with Crippen molar-refractivity contribution in [3.8, 4) is 6.07 Å². The van der Waals surface area contributed by atoms with Crippen LogP contribution in [0.1, 0.15) is 27.4 Å². The molecule has 0 spiro atoms. The molecule has 19 heavy (non-hydrogen) atoms. The summed E-state index contributed by atoms with van der Waals surface area (Å²) in [6, 6.07) is 12.7. The van der Waals surface area contributed by atoms with Crippen molar-refractivity contribution in [1.82, 2.24) is 0 Å². The Morgan fingerprint density at radius 1 is 1.26 bits per heavy atom. The minimum atomic E-state index is -1.06. The predicted octanol–water partition coefficient (Wildman–Crippen LogP) is 3.28. The number of nitrogens with zero attached hydrogens (tertiary/aromatic N) is 1. The summed E-state index contributed by atoms with van der Waals surface area (Å²) >= 11 is 1.58. The summed E-state index contributed by atoms with van der Waals surface area (Å²) in [5, 5.41) is 17.7. The minimum absolute atomic E-state index is 0.0481. The van der Waals surface area contributed by atoms with Crippen LogP contribution in [0.25, 0.3) is 0 Å². The van der Waals surface area contributed by atoms with Crippen molar-refractivity contribution < 1.29 is 14.3 Å². The second-order valence-corrected chi connectivity index (χ2v) is 4.82. The van der Waals surface area contributed by atoms with Crippen LogP contribution in [0.2, 0.25) is 0 Å². The van der Waals surface area contributed by atoms with Crippen LogP contribution in [0.15, 0.2) is 40.8 Å². The molecule has 0 unspecified atom stereocenters. The fourth-order valence-corrected chi connectivity index (χ4v) is 2.52. The highest BCUT2D eigenvalue weighted by Crippen LogP contribution is 2.21. The number of nitriles is 1. The van der Waals surface area contributed by atoms with E-state index in [0.717, 1.165) is 5.56 Å². The van der Waals surface area contributed by atoms with Gasteiger partial charge in [0.1, 0.15) is 5.76 Å². The van der Waals surface area contributed by atoms with E-state index in [9.17, 15) is 4.79 Å². The first-order chi connectivity index (χ1) is 9.20. The SMILES string of the molecule is N#Cc1ccccc1CSCc1ccc(C(=O)O)o1. The van der Waals surface area contributed by atoms with Crippen LogP contribution in [0, 0.1) is 11.3 Å². The first-order valence-electron chi connectivity index (χ1n) is 5.58. The second-order valence-electron chi connectivity index (χ2n) is 3.83. The summed E-state index contributed by atoms with van der Waals surface area (Å²) < 4.78 is 5.15. The summed E-state index contributed by atoms with van der Waals surface area (Å²) in [5.74, 6) is 0.774. The van der Waals surface area contributed by atoms with Gasteiger partial charge >= 0.3 is 5.97 Å². The molecule has 0 bridgehead atoms. The lowest BCUT2D eigenvalue weighted by molar-refractivity contribution is 0.0661. The molecular weight excluding hydrogens is 262 g/mol. The van der Waals surface area contributed by atoms with E-state index in [2.05, 4.69) is 6.07 Å². The zero-order chi connectivity index (χ0) is 13.7. The fraction of sp³-hybridized carbons (Fsp3) is 0.143. The molecule has 5 heteroatoms. The van der Waals surface area contributed by atoms with E-state index in [1.54, 1.807) is 23.9 Å².